The van der Waals surface area contributed by atoms with Gasteiger partial charge in [0.1, 0.15) is 12.0 Å². The monoisotopic (exact) mass is 658 g/mol. The van der Waals surface area contributed by atoms with Gasteiger partial charge in [-0.15, -0.1) is 11.3 Å². The van der Waals surface area contributed by atoms with Gasteiger partial charge in [0.25, 0.3) is 0 Å². The van der Waals surface area contributed by atoms with Gasteiger partial charge in [-0.05, 0) is 53.1 Å². The first kappa shape index (κ1) is 28.7. The van der Waals surface area contributed by atoms with E-state index in [0.29, 0.717) is 0 Å². The summed E-state index contributed by atoms with van der Waals surface area (Å²) < 4.78 is 4.83. The van der Waals surface area contributed by atoms with E-state index in [2.05, 4.69) is 155 Å². The first-order chi connectivity index (χ1) is 24.8. The zero-order valence-electron chi connectivity index (χ0n) is 27.0. The maximum absolute atomic E-state index is 5.21. The Kier molecular flexibility index (Phi) is 6.71. The number of nitrogens with zero attached hydrogens (tertiary/aromatic N) is 3. The normalized spacial score (nSPS) is 14.6. The van der Waals surface area contributed by atoms with Crippen molar-refractivity contribution in [2.75, 3.05) is 0 Å². The van der Waals surface area contributed by atoms with E-state index in [1.165, 1.54) is 58.8 Å². The third kappa shape index (κ3) is 4.66. The number of rotatable bonds is 5. The van der Waals surface area contributed by atoms with Crippen LogP contribution in [0.2, 0.25) is 0 Å². The van der Waals surface area contributed by atoms with Gasteiger partial charge in [0.15, 0.2) is 5.84 Å². The van der Waals surface area contributed by atoms with Crippen molar-refractivity contribution >= 4 is 65.0 Å². The molecule has 0 spiro atoms. The summed E-state index contributed by atoms with van der Waals surface area (Å²) in [6.45, 7) is 0. The Morgan fingerprint density at radius 1 is 0.500 bits per heavy atom. The zero-order valence-corrected chi connectivity index (χ0v) is 27.8. The van der Waals surface area contributed by atoms with E-state index in [-0.39, 0.29) is 6.17 Å². The van der Waals surface area contributed by atoms with Gasteiger partial charge in [0.2, 0.25) is 0 Å². The lowest BCUT2D eigenvalue weighted by molar-refractivity contribution is 0.674. The molecule has 7 aromatic carbocycles. The van der Waals surface area contributed by atoms with Gasteiger partial charge in [0, 0.05) is 47.8 Å². The Balaban J connectivity index is 1.15. The highest BCUT2D eigenvalue weighted by atomic mass is 32.1. The van der Waals surface area contributed by atoms with Crippen LogP contribution in [-0.2, 0) is 0 Å². The summed E-state index contributed by atoms with van der Waals surface area (Å²) in [7, 11) is 0. The molecule has 10 rings (SSSR count). The molecule has 1 atom stereocenters. The Bertz CT molecular complexity index is 2780. The summed E-state index contributed by atoms with van der Waals surface area (Å²) in [6, 6.07) is 60.2. The quantitative estimate of drug-likeness (QED) is 0.196. The first-order valence-electron chi connectivity index (χ1n) is 16.9. The van der Waals surface area contributed by atoms with Gasteiger partial charge in [-0.3, -0.25) is 0 Å². The van der Waals surface area contributed by atoms with E-state index in [0.717, 1.165) is 28.4 Å². The Hall–Kier alpha value is -6.30. The van der Waals surface area contributed by atoms with E-state index in [4.69, 9.17) is 9.98 Å². The second-order valence-electron chi connectivity index (χ2n) is 12.6. The maximum Gasteiger partial charge on any atom is 0.160 e. The minimum atomic E-state index is -0.246. The number of hydrogen-bond acceptors (Lipinski definition) is 4. The van der Waals surface area contributed by atoms with E-state index >= 15 is 0 Å². The number of nitrogens with one attached hydrogen (secondary N) is 1. The molecule has 1 aliphatic rings. The van der Waals surface area contributed by atoms with Crippen LogP contribution >= 0.6 is 11.3 Å². The molecule has 5 heteroatoms. The fourth-order valence-corrected chi connectivity index (χ4v) is 8.68. The maximum atomic E-state index is 5.21. The van der Waals surface area contributed by atoms with Gasteiger partial charge in [-0.2, -0.15) is 0 Å². The number of thiophene rings is 1. The van der Waals surface area contributed by atoms with Gasteiger partial charge in [0.05, 0.1) is 11.0 Å². The van der Waals surface area contributed by atoms with Crippen LogP contribution in [0.5, 0.6) is 0 Å². The molecule has 236 valence electrons. The number of amidine groups is 2. The highest BCUT2D eigenvalue weighted by Crippen LogP contribution is 2.43. The lowest BCUT2D eigenvalue weighted by Crippen LogP contribution is -2.33. The minimum absolute atomic E-state index is 0.246. The van der Waals surface area contributed by atoms with Crippen molar-refractivity contribution in [3.8, 4) is 16.8 Å². The molecule has 0 saturated heterocycles. The fourth-order valence-electron chi connectivity index (χ4n) is 7.34. The SMILES string of the molecule is c1ccc(C2=NC(c3cccc4c3sc3c(-c5ccc6c(c5)c5ccccc5n6-c5ccccc5)cccc34)=NC(c3ccccc3)N2)cc1. The van der Waals surface area contributed by atoms with E-state index in [1.807, 2.05) is 35.6 Å². The summed E-state index contributed by atoms with van der Waals surface area (Å²) in [6.07, 6.45) is -0.246. The van der Waals surface area contributed by atoms with Crippen molar-refractivity contribution in [3.63, 3.8) is 0 Å². The molecule has 0 amide bonds. The van der Waals surface area contributed by atoms with Crippen molar-refractivity contribution < 1.29 is 0 Å². The molecular weight excluding hydrogens is 629 g/mol. The molecule has 0 fully saturated rings. The van der Waals surface area contributed by atoms with E-state index < -0.39 is 0 Å². The highest BCUT2D eigenvalue weighted by Gasteiger charge is 2.23. The third-order valence-corrected chi connectivity index (χ3v) is 11.0. The van der Waals surface area contributed by atoms with Crippen LogP contribution in [0.15, 0.2) is 180 Å². The lowest BCUT2D eigenvalue weighted by Gasteiger charge is -2.23. The molecule has 1 unspecified atom stereocenters. The van der Waals surface area contributed by atoms with Crippen molar-refractivity contribution in [2.45, 2.75) is 6.17 Å². The number of hydrogen-bond donors (Lipinski definition) is 1. The van der Waals surface area contributed by atoms with Crippen molar-refractivity contribution in [1.29, 1.82) is 0 Å². The highest BCUT2D eigenvalue weighted by molar-refractivity contribution is 7.26. The molecule has 0 saturated carbocycles. The number of benzene rings is 7. The molecule has 4 nitrogen and oxygen atoms in total. The zero-order chi connectivity index (χ0) is 33.0. The predicted molar refractivity (Wildman–Crippen MR) is 211 cm³/mol. The summed E-state index contributed by atoms with van der Waals surface area (Å²) >= 11 is 1.83. The van der Waals surface area contributed by atoms with Gasteiger partial charge in [-0.25, -0.2) is 9.98 Å². The van der Waals surface area contributed by atoms with E-state index in [9.17, 15) is 0 Å². The number of fused-ring (bicyclic) bond motifs is 6. The van der Waals surface area contributed by atoms with Gasteiger partial charge in [-0.1, -0.05) is 133 Å². The lowest BCUT2D eigenvalue weighted by atomic mass is 10.00. The molecule has 1 aliphatic heterocycles. The van der Waals surface area contributed by atoms with Crippen molar-refractivity contribution in [3.05, 3.63) is 187 Å². The molecular formula is C45H30N4S. The van der Waals surface area contributed by atoms with Gasteiger partial charge >= 0.3 is 0 Å². The van der Waals surface area contributed by atoms with Crippen LogP contribution in [0.1, 0.15) is 22.9 Å². The van der Waals surface area contributed by atoms with E-state index in [1.54, 1.807) is 0 Å². The molecule has 3 heterocycles. The van der Waals surface area contributed by atoms with Crippen molar-refractivity contribution in [2.24, 2.45) is 9.98 Å². The topological polar surface area (TPSA) is 41.7 Å². The number of aliphatic imine (C=N–C) groups is 2. The average molecular weight is 659 g/mol. The van der Waals surface area contributed by atoms with Crippen LogP contribution < -0.4 is 5.32 Å². The largest absolute Gasteiger partial charge is 0.344 e. The molecule has 0 aliphatic carbocycles. The summed E-state index contributed by atoms with van der Waals surface area (Å²) in [5, 5.41) is 8.57. The average Bonchev–Trinajstić information content (AvgIpc) is 3.74. The molecule has 9 aromatic rings. The van der Waals surface area contributed by atoms with Crippen molar-refractivity contribution in [1.82, 2.24) is 9.88 Å². The Morgan fingerprint density at radius 3 is 1.90 bits per heavy atom. The van der Waals surface area contributed by atoms with Crippen LogP contribution in [0.3, 0.4) is 0 Å². The van der Waals surface area contributed by atoms with Gasteiger partial charge < -0.3 is 9.88 Å². The molecule has 0 bridgehead atoms. The fraction of sp³-hybridized carbons (Fsp3) is 0.0222. The predicted octanol–water partition coefficient (Wildman–Crippen LogP) is 11.3. The molecule has 50 heavy (non-hydrogen) atoms. The Morgan fingerprint density at radius 2 is 1.12 bits per heavy atom. The van der Waals surface area contributed by atoms with Crippen LogP contribution in [-0.4, -0.2) is 16.2 Å². The second kappa shape index (κ2) is 11.7. The number of aromatic nitrogens is 1. The standard InChI is InChI=1S/C45H30N4S/c1-4-14-29(15-5-1)43-46-44(30-16-6-2-7-17-30)48-45(47-43)37-24-13-23-36-35-22-12-21-33(41(35)50-42(36)37)31-26-27-40-38(28-31)34-20-10-11-25-39(34)49(40)32-18-8-3-9-19-32/h1-28,43H,(H,46,47,48). The Labute approximate surface area is 293 Å². The minimum Gasteiger partial charge on any atom is -0.344 e. The number of para-hydroxylation sites is 2. The second-order valence-corrected chi connectivity index (χ2v) is 13.6. The molecule has 0 radical (unpaired) electrons. The van der Waals surface area contributed by atoms with Crippen LogP contribution in [0.4, 0.5) is 0 Å². The van der Waals surface area contributed by atoms with Crippen LogP contribution in [0.25, 0.3) is 58.8 Å². The smallest absolute Gasteiger partial charge is 0.160 e. The summed E-state index contributed by atoms with van der Waals surface area (Å²) in [5.74, 6) is 1.57. The summed E-state index contributed by atoms with van der Waals surface area (Å²) in [4.78, 5) is 10.4. The molecule has 1 N–H and O–H groups in total. The molecule has 2 aromatic heterocycles. The third-order valence-electron chi connectivity index (χ3n) is 9.67. The summed E-state index contributed by atoms with van der Waals surface area (Å²) in [5.41, 5.74) is 9.21. The first-order valence-corrected chi connectivity index (χ1v) is 17.7. The van der Waals surface area contributed by atoms with Crippen LogP contribution in [0, 0.1) is 0 Å².